The highest BCUT2D eigenvalue weighted by atomic mass is 32.2. The molecule has 5 nitrogen and oxygen atoms in total. The Labute approximate surface area is 169 Å². The number of aromatic nitrogens is 1. The van der Waals surface area contributed by atoms with Crippen LogP contribution in [-0.4, -0.2) is 24.6 Å². The summed E-state index contributed by atoms with van der Waals surface area (Å²) in [5, 5.41) is 4.56. The first-order valence-electron chi connectivity index (χ1n) is 8.87. The predicted octanol–water partition coefficient (Wildman–Crippen LogP) is 4.86. The second-order valence-electron chi connectivity index (χ2n) is 6.91. The van der Waals surface area contributed by atoms with Crippen LogP contribution in [0.3, 0.4) is 0 Å². The van der Waals surface area contributed by atoms with Crippen molar-refractivity contribution in [1.82, 2.24) is 4.98 Å². The van der Waals surface area contributed by atoms with Crippen molar-refractivity contribution >= 4 is 32.2 Å². The molecule has 1 aromatic heterocycles. The molecule has 28 heavy (non-hydrogen) atoms. The average molecular weight is 415 g/mol. The van der Waals surface area contributed by atoms with Gasteiger partial charge in [0.1, 0.15) is 0 Å². The normalized spacial score (nSPS) is 11.6. The summed E-state index contributed by atoms with van der Waals surface area (Å²) in [6, 6.07) is 12.2. The summed E-state index contributed by atoms with van der Waals surface area (Å²) in [4.78, 5) is 17.2. The third kappa shape index (κ3) is 4.15. The van der Waals surface area contributed by atoms with E-state index in [9.17, 15) is 13.2 Å². The Hall–Kier alpha value is -2.51. The van der Waals surface area contributed by atoms with Crippen molar-refractivity contribution in [2.24, 2.45) is 0 Å². The summed E-state index contributed by atoms with van der Waals surface area (Å²) in [6.07, 6.45) is 0. The topological polar surface area (TPSA) is 76.1 Å². The number of amides is 1. The molecule has 0 fully saturated rings. The van der Waals surface area contributed by atoms with Crippen molar-refractivity contribution in [3.05, 3.63) is 64.5 Å². The molecule has 0 aliphatic rings. The van der Waals surface area contributed by atoms with Gasteiger partial charge in [0.15, 0.2) is 15.0 Å². The number of anilines is 1. The first-order chi connectivity index (χ1) is 13.2. The minimum absolute atomic E-state index is 0.144. The molecule has 1 N–H and O–H groups in total. The van der Waals surface area contributed by atoms with Crippen molar-refractivity contribution in [3.63, 3.8) is 0 Å². The van der Waals surface area contributed by atoms with Crippen LogP contribution < -0.4 is 5.32 Å². The van der Waals surface area contributed by atoms with Gasteiger partial charge in [0.05, 0.1) is 15.8 Å². The molecule has 0 bridgehead atoms. The molecule has 0 aliphatic heterocycles. The Balaban J connectivity index is 1.81. The van der Waals surface area contributed by atoms with Crippen molar-refractivity contribution in [1.29, 1.82) is 0 Å². The van der Waals surface area contributed by atoms with Gasteiger partial charge in [0, 0.05) is 16.5 Å². The molecule has 146 valence electrons. The molecule has 0 radical (unpaired) electrons. The predicted molar refractivity (Wildman–Crippen MR) is 114 cm³/mol. The smallest absolute Gasteiger partial charge is 0.257 e. The quantitative estimate of drug-likeness (QED) is 0.647. The Bertz CT molecular complexity index is 1130. The molecule has 0 atom stereocenters. The van der Waals surface area contributed by atoms with E-state index in [4.69, 9.17) is 0 Å². The van der Waals surface area contributed by atoms with Gasteiger partial charge in [-0.05, 0) is 63.1 Å². The second-order valence-corrected chi connectivity index (χ2v) is 10.3. The lowest BCUT2D eigenvalue weighted by molar-refractivity contribution is 0.102. The standard InChI is InChI=1S/C21H22N2O3S2/c1-13(2)28(25,26)18-7-5-6-17(11-18)20(24)23-21-22-19(12-27-21)16-9-8-14(3)15(4)10-16/h5-13H,1-4H3,(H,22,23,24). The van der Waals surface area contributed by atoms with Crippen molar-refractivity contribution < 1.29 is 13.2 Å². The number of rotatable bonds is 5. The van der Waals surface area contributed by atoms with Crippen molar-refractivity contribution in [2.45, 2.75) is 37.8 Å². The fraction of sp³-hybridized carbons (Fsp3) is 0.238. The average Bonchev–Trinajstić information content (AvgIpc) is 3.12. The summed E-state index contributed by atoms with van der Waals surface area (Å²) in [5.41, 5.74) is 4.46. The van der Waals surface area contributed by atoms with Crippen LogP contribution in [-0.2, 0) is 9.84 Å². The molecule has 0 unspecified atom stereocenters. The van der Waals surface area contributed by atoms with E-state index in [0.29, 0.717) is 5.13 Å². The highest BCUT2D eigenvalue weighted by molar-refractivity contribution is 7.92. The molecule has 3 aromatic rings. The zero-order valence-electron chi connectivity index (χ0n) is 16.2. The second kappa shape index (κ2) is 7.85. The van der Waals surface area contributed by atoms with E-state index in [1.807, 2.05) is 24.4 Å². The fourth-order valence-electron chi connectivity index (χ4n) is 2.62. The van der Waals surface area contributed by atoms with E-state index < -0.39 is 15.1 Å². The summed E-state index contributed by atoms with van der Waals surface area (Å²) in [7, 11) is -3.44. The molecule has 2 aromatic carbocycles. The lowest BCUT2D eigenvalue weighted by atomic mass is 10.1. The van der Waals surface area contributed by atoms with Crippen LogP contribution in [0.25, 0.3) is 11.3 Å². The van der Waals surface area contributed by atoms with Gasteiger partial charge in [0.2, 0.25) is 0 Å². The summed E-state index contributed by atoms with van der Waals surface area (Å²) in [5.74, 6) is -0.387. The highest BCUT2D eigenvalue weighted by Gasteiger charge is 2.20. The first kappa shape index (κ1) is 20.2. The lowest BCUT2D eigenvalue weighted by Gasteiger charge is -2.09. The van der Waals surface area contributed by atoms with Gasteiger partial charge < -0.3 is 0 Å². The summed E-state index contributed by atoms with van der Waals surface area (Å²) in [6.45, 7) is 7.34. The summed E-state index contributed by atoms with van der Waals surface area (Å²) >= 11 is 1.33. The number of thiazole rings is 1. The minimum atomic E-state index is -3.44. The lowest BCUT2D eigenvalue weighted by Crippen LogP contribution is -2.16. The number of carbonyl (C=O) groups is 1. The fourth-order valence-corrected chi connectivity index (χ4v) is 4.44. The minimum Gasteiger partial charge on any atom is -0.298 e. The highest BCUT2D eigenvalue weighted by Crippen LogP contribution is 2.27. The Morgan fingerprint density at radius 2 is 1.82 bits per heavy atom. The van der Waals surface area contributed by atoms with E-state index in [-0.39, 0.29) is 16.4 Å². The summed E-state index contributed by atoms with van der Waals surface area (Å²) < 4.78 is 24.7. The van der Waals surface area contributed by atoms with Crippen LogP contribution >= 0.6 is 11.3 Å². The zero-order chi connectivity index (χ0) is 20.5. The van der Waals surface area contributed by atoms with Crippen LogP contribution in [0.4, 0.5) is 5.13 Å². The Morgan fingerprint density at radius 3 is 2.50 bits per heavy atom. The Kier molecular flexibility index (Phi) is 5.67. The zero-order valence-corrected chi connectivity index (χ0v) is 17.8. The van der Waals surface area contributed by atoms with E-state index >= 15 is 0 Å². The Morgan fingerprint density at radius 1 is 1.07 bits per heavy atom. The third-order valence-corrected chi connectivity index (χ3v) is 7.48. The largest absolute Gasteiger partial charge is 0.298 e. The molecule has 1 heterocycles. The van der Waals surface area contributed by atoms with E-state index in [1.54, 1.807) is 26.0 Å². The third-order valence-electron chi connectivity index (χ3n) is 4.57. The number of benzene rings is 2. The van der Waals surface area contributed by atoms with Crippen LogP contribution in [0.15, 0.2) is 52.7 Å². The van der Waals surface area contributed by atoms with Crippen LogP contribution in [0.5, 0.6) is 0 Å². The molecule has 0 saturated heterocycles. The molecule has 7 heteroatoms. The molecule has 0 spiro atoms. The van der Waals surface area contributed by atoms with Gasteiger partial charge in [-0.25, -0.2) is 13.4 Å². The van der Waals surface area contributed by atoms with Gasteiger partial charge in [0.25, 0.3) is 5.91 Å². The van der Waals surface area contributed by atoms with Crippen molar-refractivity contribution in [2.75, 3.05) is 5.32 Å². The maximum Gasteiger partial charge on any atom is 0.257 e. The van der Waals surface area contributed by atoms with Gasteiger partial charge in [-0.3, -0.25) is 10.1 Å². The number of nitrogens with one attached hydrogen (secondary N) is 1. The van der Waals surface area contributed by atoms with Gasteiger partial charge in [-0.1, -0.05) is 18.2 Å². The van der Waals surface area contributed by atoms with Gasteiger partial charge in [-0.15, -0.1) is 11.3 Å². The van der Waals surface area contributed by atoms with Crippen LogP contribution in [0.2, 0.25) is 0 Å². The maximum absolute atomic E-state index is 12.6. The molecule has 3 rings (SSSR count). The maximum atomic E-state index is 12.6. The first-order valence-corrected chi connectivity index (χ1v) is 11.3. The molecule has 0 saturated carbocycles. The van der Waals surface area contributed by atoms with Crippen LogP contribution in [0, 0.1) is 13.8 Å². The molecular weight excluding hydrogens is 392 g/mol. The number of aryl methyl sites for hydroxylation is 2. The number of sulfone groups is 1. The number of carbonyl (C=O) groups excluding carboxylic acids is 1. The van der Waals surface area contributed by atoms with Crippen LogP contribution in [0.1, 0.15) is 35.3 Å². The number of hydrogen-bond acceptors (Lipinski definition) is 5. The molecular formula is C21H22N2O3S2. The number of hydrogen-bond donors (Lipinski definition) is 1. The van der Waals surface area contributed by atoms with E-state index in [0.717, 1.165) is 11.3 Å². The van der Waals surface area contributed by atoms with E-state index in [2.05, 4.69) is 23.3 Å². The monoisotopic (exact) mass is 414 g/mol. The van der Waals surface area contributed by atoms with Gasteiger partial charge >= 0.3 is 0 Å². The van der Waals surface area contributed by atoms with E-state index in [1.165, 1.54) is 34.6 Å². The van der Waals surface area contributed by atoms with Crippen molar-refractivity contribution in [3.8, 4) is 11.3 Å². The molecule has 1 amide bonds. The molecule has 0 aliphatic carbocycles. The SMILES string of the molecule is Cc1ccc(-c2csc(NC(=O)c3cccc(S(=O)(=O)C(C)C)c3)n2)cc1C. The number of nitrogens with zero attached hydrogens (tertiary/aromatic N) is 1. The van der Waals surface area contributed by atoms with Gasteiger partial charge in [-0.2, -0.15) is 0 Å².